The fourth-order valence-corrected chi connectivity index (χ4v) is 3.71. The van der Waals surface area contributed by atoms with Crippen LogP contribution in [0.1, 0.15) is 27.0 Å². The van der Waals surface area contributed by atoms with Crippen molar-refractivity contribution in [1.82, 2.24) is 19.5 Å². The van der Waals surface area contributed by atoms with Gasteiger partial charge in [0.2, 0.25) is 5.95 Å². The molecule has 3 rings (SSSR count). The van der Waals surface area contributed by atoms with Gasteiger partial charge in [0, 0.05) is 5.75 Å². The van der Waals surface area contributed by atoms with Crippen LogP contribution >= 0.6 is 11.8 Å². The Balaban J connectivity index is 2.14. The Morgan fingerprint density at radius 3 is 2.67 bits per heavy atom. The van der Waals surface area contributed by atoms with Gasteiger partial charge in [0.05, 0.1) is 18.6 Å². The summed E-state index contributed by atoms with van der Waals surface area (Å²) < 4.78 is 12.7. The Kier molecular flexibility index (Phi) is 6.38. The predicted molar refractivity (Wildman–Crippen MR) is 107 cm³/mol. The van der Waals surface area contributed by atoms with Gasteiger partial charge in [-0.05, 0) is 20.8 Å². The van der Waals surface area contributed by atoms with Crippen molar-refractivity contribution in [3.8, 4) is 0 Å². The summed E-state index contributed by atoms with van der Waals surface area (Å²) >= 11 is 1.11. The number of nitrogens with one attached hydrogen (secondary N) is 1. The minimum Gasteiger partial charge on any atom is -0.454 e. The van der Waals surface area contributed by atoms with Crippen LogP contribution in [0.25, 0.3) is 11.2 Å². The number of thioether (sulfide) groups is 1. The number of nitrogens with two attached hydrogens (primary N) is 1. The van der Waals surface area contributed by atoms with Crippen molar-refractivity contribution in [3.05, 3.63) is 10.4 Å². The van der Waals surface area contributed by atoms with Crippen molar-refractivity contribution in [2.45, 2.75) is 50.5 Å². The van der Waals surface area contributed by atoms with Crippen LogP contribution in [0.3, 0.4) is 0 Å². The van der Waals surface area contributed by atoms with E-state index in [1.165, 1.54) is 4.57 Å². The number of hydrogen-bond donors (Lipinski definition) is 5. The monoisotopic (exact) mass is 443 g/mol. The van der Waals surface area contributed by atoms with E-state index in [0.29, 0.717) is 0 Å². The van der Waals surface area contributed by atoms with Gasteiger partial charge < -0.3 is 30.5 Å². The summed E-state index contributed by atoms with van der Waals surface area (Å²) in [5.74, 6) is -0.493. The van der Waals surface area contributed by atoms with Crippen molar-refractivity contribution >= 4 is 34.8 Å². The lowest BCUT2D eigenvalue weighted by molar-refractivity contribution is -0.168. The molecule has 1 fully saturated rings. The predicted octanol–water partition coefficient (Wildman–Crippen LogP) is -1.01. The first-order valence-electron chi connectivity index (χ1n) is 9.25. The van der Waals surface area contributed by atoms with E-state index in [9.17, 15) is 24.9 Å². The van der Waals surface area contributed by atoms with E-state index < -0.39 is 48.1 Å². The normalized spacial score (nSPS) is 24.5. The summed E-state index contributed by atoms with van der Waals surface area (Å²) in [7, 11) is 0. The van der Waals surface area contributed by atoms with Crippen molar-refractivity contribution in [2.75, 3.05) is 24.7 Å². The summed E-state index contributed by atoms with van der Waals surface area (Å²) in [6.07, 6.45) is -4.72. The largest absolute Gasteiger partial charge is 0.454 e. The third-order valence-corrected chi connectivity index (χ3v) is 5.39. The second-order valence-electron chi connectivity index (χ2n) is 7.82. The number of aromatic amines is 1. The average molecular weight is 443 g/mol. The minimum atomic E-state index is -1.33. The van der Waals surface area contributed by atoms with Gasteiger partial charge in [-0.2, -0.15) is 4.98 Å². The first kappa shape index (κ1) is 22.5. The summed E-state index contributed by atoms with van der Waals surface area (Å²) in [5, 5.41) is 29.7. The van der Waals surface area contributed by atoms with Crippen LogP contribution in [0.2, 0.25) is 0 Å². The second kappa shape index (κ2) is 8.51. The highest BCUT2D eigenvalue weighted by Gasteiger charge is 2.49. The molecule has 12 nitrogen and oxygen atoms in total. The lowest BCUT2D eigenvalue weighted by atomic mass is 9.97. The molecule has 0 amide bonds. The number of nitrogens with zero attached hydrogens (tertiary/aromatic N) is 3. The lowest BCUT2D eigenvalue weighted by Crippen LogP contribution is -2.39. The van der Waals surface area contributed by atoms with Crippen LogP contribution in [0, 0.1) is 5.41 Å². The number of aromatic nitrogens is 4. The zero-order valence-corrected chi connectivity index (χ0v) is 17.5. The number of imidazole rings is 1. The molecule has 2 unspecified atom stereocenters. The highest BCUT2D eigenvalue weighted by atomic mass is 32.2. The number of fused-ring (bicyclic) bond motifs is 1. The Bertz CT molecular complexity index is 985. The van der Waals surface area contributed by atoms with Gasteiger partial charge in [-0.15, -0.1) is 0 Å². The van der Waals surface area contributed by atoms with E-state index in [2.05, 4.69) is 15.0 Å². The summed E-state index contributed by atoms with van der Waals surface area (Å²) in [6, 6.07) is 0. The molecule has 1 saturated heterocycles. The van der Waals surface area contributed by atoms with Gasteiger partial charge in [0.1, 0.15) is 12.2 Å². The maximum Gasteiger partial charge on any atom is 0.311 e. The number of ether oxygens (including phenoxy) is 2. The lowest BCUT2D eigenvalue weighted by Gasteiger charge is -2.26. The number of anilines is 1. The van der Waals surface area contributed by atoms with Gasteiger partial charge in [0.25, 0.3) is 5.56 Å². The fourth-order valence-electron chi connectivity index (χ4n) is 2.95. The summed E-state index contributed by atoms with van der Waals surface area (Å²) in [4.78, 5) is 35.5. The van der Waals surface area contributed by atoms with Crippen LogP contribution in [0.15, 0.2) is 9.95 Å². The molecule has 0 radical (unpaired) electrons. The van der Waals surface area contributed by atoms with E-state index in [4.69, 9.17) is 15.2 Å². The van der Waals surface area contributed by atoms with Crippen LogP contribution < -0.4 is 11.3 Å². The molecule has 0 aliphatic carbocycles. The minimum absolute atomic E-state index is 0.0314. The van der Waals surface area contributed by atoms with Gasteiger partial charge in [-0.25, -0.2) is 4.98 Å². The zero-order chi connectivity index (χ0) is 22.2. The quantitative estimate of drug-likeness (QED) is 0.272. The van der Waals surface area contributed by atoms with Crippen molar-refractivity contribution < 1.29 is 29.6 Å². The standard InChI is InChI=1S/C17H25N5O7S/c1-17(2,3)14(27)29-10-9(25)7(6-24)28-13(10)22-11-8(12(26)21-15(18)20-11)19-16(22)30-5-4-23/h7,9-10,13,23-25H,4-6H2,1-3H3,(H3,18,20,21,26)/t7-,9?,10?,13-/m1/s1. The molecule has 166 valence electrons. The molecule has 6 N–H and O–H groups in total. The Morgan fingerprint density at radius 1 is 1.37 bits per heavy atom. The average Bonchev–Trinajstić information content (AvgIpc) is 3.17. The molecular formula is C17H25N5O7S. The molecule has 30 heavy (non-hydrogen) atoms. The molecule has 0 saturated carbocycles. The topological polar surface area (TPSA) is 186 Å². The molecule has 3 heterocycles. The molecule has 0 bridgehead atoms. The van der Waals surface area contributed by atoms with Gasteiger partial charge in [-0.3, -0.25) is 19.1 Å². The molecular weight excluding hydrogens is 418 g/mol. The smallest absolute Gasteiger partial charge is 0.311 e. The second-order valence-corrected chi connectivity index (χ2v) is 8.88. The van der Waals surface area contributed by atoms with Crippen LogP contribution in [0.5, 0.6) is 0 Å². The number of hydrogen-bond acceptors (Lipinski definition) is 11. The number of nitrogen functional groups attached to an aromatic ring is 1. The molecule has 1 aliphatic heterocycles. The van der Waals surface area contributed by atoms with Gasteiger partial charge >= 0.3 is 5.97 Å². The van der Waals surface area contributed by atoms with Gasteiger partial charge in [-0.1, -0.05) is 11.8 Å². The van der Waals surface area contributed by atoms with Crippen LogP contribution in [0.4, 0.5) is 5.95 Å². The summed E-state index contributed by atoms with van der Waals surface area (Å²) in [5.41, 5.74) is 4.28. The zero-order valence-electron chi connectivity index (χ0n) is 16.7. The van der Waals surface area contributed by atoms with Gasteiger partial charge in [0.15, 0.2) is 28.7 Å². The first-order chi connectivity index (χ1) is 14.1. The van der Waals surface area contributed by atoms with Crippen LogP contribution in [-0.4, -0.2) is 78.1 Å². The first-order valence-corrected chi connectivity index (χ1v) is 10.2. The van der Waals surface area contributed by atoms with Crippen LogP contribution in [-0.2, 0) is 14.3 Å². The Hall–Kier alpha value is -2.19. The van der Waals surface area contributed by atoms with Crippen molar-refractivity contribution in [1.29, 1.82) is 0 Å². The number of aliphatic hydroxyl groups excluding tert-OH is 3. The highest BCUT2D eigenvalue weighted by Crippen LogP contribution is 2.37. The molecule has 2 aromatic heterocycles. The molecule has 1 aliphatic rings. The van der Waals surface area contributed by atoms with E-state index >= 15 is 0 Å². The number of carbonyl (C=O) groups excluding carboxylic acids is 1. The van der Waals surface area contributed by atoms with E-state index in [0.717, 1.165) is 11.8 Å². The number of H-pyrrole nitrogens is 1. The number of esters is 1. The molecule has 2 aromatic rings. The number of rotatable bonds is 6. The molecule has 0 aromatic carbocycles. The Morgan fingerprint density at radius 2 is 2.07 bits per heavy atom. The SMILES string of the molecule is CC(C)(C)C(=O)OC1C(O)[C@@H](CO)O[C@H]1n1c(SCCO)nc2c(=O)[nH]c(N)nc21. The maximum atomic E-state index is 12.5. The van der Waals surface area contributed by atoms with Crippen molar-refractivity contribution in [2.24, 2.45) is 5.41 Å². The fraction of sp³-hybridized carbons (Fsp3) is 0.647. The Labute approximate surface area is 175 Å². The van der Waals surface area contributed by atoms with Crippen molar-refractivity contribution in [3.63, 3.8) is 0 Å². The molecule has 0 spiro atoms. The molecule has 4 atom stereocenters. The summed E-state index contributed by atoms with van der Waals surface area (Å²) in [6.45, 7) is 4.30. The number of carbonyl (C=O) groups is 1. The maximum absolute atomic E-state index is 12.5. The van der Waals surface area contributed by atoms with E-state index in [-0.39, 0.29) is 34.6 Å². The third kappa shape index (κ3) is 4.16. The molecule has 13 heteroatoms. The van der Waals surface area contributed by atoms with E-state index in [1.54, 1.807) is 20.8 Å². The number of aliphatic hydroxyl groups is 3. The third-order valence-electron chi connectivity index (χ3n) is 4.46. The van der Waals surface area contributed by atoms with E-state index in [1.807, 2.05) is 0 Å². The highest BCUT2D eigenvalue weighted by molar-refractivity contribution is 7.99.